The van der Waals surface area contributed by atoms with Crippen LogP contribution in [0.1, 0.15) is 32.4 Å². The summed E-state index contributed by atoms with van der Waals surface area (Å²) < 4.78 is 5.45. The molecule has 2 aromatic rings. The number of carbonyl (C=O) groups is 2. The number of anilines is 1. The maximum Gasteiger partial charge on any atom is 0.265 e. The summed E-state index contributed by atoms with van der Waals surface area (Å²) in [4.78, 5) is 27.2. The van der Waals surface area contributed by atoms with Crippen molar-refractivity contribution in [1.82, 2.24) is 5.32 Å². The lowest BCUT2D eigenvalue weighted by atomic mass is 10.1. The van der Waals surface area contributed by atoms with Crippen LogP contribution in [0.5, 0.6) is 5.75 Å². The number of thioether (sulfide) groups is 1. The third-order valence-electron chi connectivity index (χ3n) is 4.67. The molecule has 1 N–H and O–H groups in total. The van der Waals surface area contributed by atoms with Crippen molar-refractivity contribution >= 4 is 29.3 Å². The van der Waals surface area contributed by atoms with Crippen LogP contribution in [0.4, 0.5) is 5.69 Å². The summed E-state index contributed by atoms with van der Waals surface area (Å²) in [5.41, 5.74) is 1.45. The number of hydrogen-bond acceptors (Lipinski definition) is 5. The second-order valence-electron chi connectivity index (χ2n) is 6.76. The minimum Gasteiger partial charge on any atom is -0.494 e. The predicted octanol–water partition coefficient (Wildman–Crippen LogP) is 4.17. The first-order chi connectivity index (χ1) is 14.5. The molecule has 0 saturated carbocycles. The monoisotopic (exact) mass is 421 g/mol. The molecule has 6 nitrogen and oxygen atoms in total. The van der Waals surface area contributed by atoms with Crippen LogP contribution in [-0.2, 0) is 9.59 Å². The Morgan fingerprint density at radius 2 is 1.90 bits per heavy atom. The van der Waals surface area contributed by atoms with Crippen LogP contribution < -0.4 is 15.0 Å². The standard InChI is InChI=1S/C23H23N3O3S/c1-4-29-19-12-10-18(11-13-19)26-22(28)16(3)30-23(26)20(14-24)21(27)25-15(2)17-8-6-5-7-9-17/h5-13,15-16H,4H2,1-3H3,(H,25,27)/b23-20-. The van der Waals surface area contributed by atoms with Crippen molar-refractivity contribution in [3.05, 3.63) is 70.8 Å². The smallest absolute Gasteiger partial charge is 0.265 e. The van der Waals surface area contributed by atoms with Gasteiger partial charge in [0, 0.05) is 5.69 Å². The van der Waals surface area contributed by atoms with Crippen LogP contribution >= 0.6 is 11.8 Å². The first-order valence-electron chi connectivity index (χ1n) is 9.70. The zero-order chi connectivity index (χ0) is 21.7. The Labute approximate surface area is 180 Å². The molecule has 1 saturated heterocycles. The van der Waals surface area contributed by atoms with Crippen molar-refractivity contribution in [2.75, 3.05) is 11.5 Å². The van der Waals surface area contributed by atoms with Crippen molar-refractivity contribution in [2.45, 2.75) is 32.1 Å². The number of nitrogens with zero attached hydrogens (tertiary/aromatic N) is 2. The Morgan fingerprint density at radius 3 is 2.50 bits per heavy atom. The highest BCUT2D eigenvalue weighted by molar-refractivity contribution is 8.05. The molecular weight excluding hydrogens is 398 g/mol. The van der Waals surface area contributed by atoms with E-state index < -0.39 is 11.2 Å². The summed E-state index contributed by atoms with van der Waals surface area (Å²) in [6.07, 6.45) is 0. The fourth-order valence-electron chi connectivity index (χ4n) is 3.12. The van der Waals surface area contributed by atoms with Gasteiger partial charge in [-0.25, -0.2) is 0 Å². The highest BCUT2D eigenvalue weighted by Crippen LogP contribution is 2.40. The highest BCUT2D eigenvalue weighted by atomic mass is 32.2. The molecule has 0 aliphatic carbocycles. The van der Waals surface area contributed by atoms with Gasteiger partial charge in [0.1, 0.15) is 22.4 Å². The summed E-state index contributed by atoms with van der Waals surface area (Å²) in [5.74, 6) is 0.0130. The zero-order valence-electron chi connectivity index (χ0n) is 17.1. The summed E-state index contributed by atoms with van der Waals surface area (Å²) >= 11 is 1.22. The fraction of sp³-hybridized carbons (Fsp3) is 0.261. The maximum atomic E-state index is 12.9. The van der Waals surface area contributed by atoms with Gasteiger partial charge in [0.25, 0.3) is 5.91 Å². The largest absolute Gasteiger partial charge is 0.494 e. The van der Waals surface area contributed by atoms with E-state index in [0.717, 1.165) is 5.56 Å². The third kappa shape index (κ3) is 4.50. The minimum atomic E-state index is -0.505. The molecule has 1 aliphatic rings. The Kier molecular flexibility index (Phi) is 6.80. The van der Waals surface area contributed by atoms with Crippen LogP contribution in [-0.4, -0.2) is 23.7 Å². The number of hydrogen-bond donors (Lipinski definition) is 1. The van der Waals surface area contributed by atoms with Crippen LogP contribution in [0.15, 0.2) is 65.2 Å². The van der Waals surface area contributed by atoms with Gasteiger partial charge in [0.2, 0.25) is 5.91 Å². The molecule has 2 atom stereocenters. The van der Waals surface area contributed by atoms with Crippen molar-refractivity contribution in [1.29, 1.82) is 5.26 Å². The lowest BCUT2D eigenvalue weighted by Crippen LogP contribution is -2.32. The molecule has 2 unspecified atom stereocenters. The van der Waals surface area contributed by atoms with E-state index in [9.17, 15) is 14.9 Å². The molecule has 3 rings (SSSR count). The minimum absolute atomic E-state index is 0.0747. The van der Waals surface area contributed by atoms with E-state index >= 15 is 0 Å². The van der Waals surface area contributed by atoms with Gasteiger partial charge >= 0.3 is 0 Å². The highest BCUT2D eigenvalue weighted by Gasteiger charge is 2.38. The third-order valence-corrected chi connectivity index (χ3v) is 5.83. The summed E-state index contributed by atoms with van der Waals surface area (Å²) in [6, 6.07) is 18.3. The maximum absolute atomic E-state index is 12.9. The van der Waals surface area contributed by atoms with Gasteiger partial charge in [0.15, 0.2) is 0 Å². The molecule has 30 heavy (non-hydrogen) atoms. The van der Waals surface area contributed by atoms with Crippen molar-refractivity contribution in [2.24, 2.45) is 0 Å². The second kappa shape index (κ2) is 9.51. The molecule has 1 fully saturated rings. The molecule has 0 spiro atoms. The van der Waals surface area contributed by atoms with Gasteiger partial charge in [0.05, 0.1) is 17.9 Å². The molecule has 2 amide bonds. The average molecular weight is 422 g/mol. The molecule has 1 aliphatic heterocycles. The van der Waals surface area contributed by atoms with Gasteiger partial charge in [-0.3, -0.25) is 14.5 Å². The SMILES string of the molecule is CCOc1ccc(N2C(=O)C(C)S/C2=C(/C#N)C(=O)NC(C)c2ccccc2)cc1. The average Bonchev–Trinajstić information content (AvgIpc) is 3.04. The van der Waals surface area contributed by atoms with Crippen molar-refractivity contribution < 1.29 is 14.3 Å². The zero-order valence-corrected chi connectivity index (χ0v) is 17.9. The number of nitriles is 1. The lowest BCUT2D eigenvalue weighted by Gasteiger charge is -2.20. The molecule has 0 bridgehead atoms. The first kappa shape index (κ1) is 21.5. The molecule has 0 radical (unpaired) electrons. The van der Waals surface area contributed by atoms with E-state index in [1.54, 1.807) is 31.2 Å². The Balaban J connectivity index is 1.92. The second-order valence-corrected chi connectivity index (χ2v) is 8.09. The quantitative estimate of drug-likeness (QED) is 0.559. The molecule has 2 aromatic carbocycles. The van der Waals surface area contributed by atoms with E-state index in [4.69, 9.17) is 4.74 Å². The van der Waals surface area contributed by atoms with Gasteiger partial charge < -0.3 is 10.1 Å². The summed E-state index contributed by atoms with van der Waals surface area (Å²) in [6.45, 7) is 6.05. The molecule has 154 valence electrons. The fourth-order valence-corrected chi connectivity index (χ4v) is 4.21. The number of nitrogens with one attached hydrogen (secondary N) is 1. The summed E-state index contributed by atoms with van der Waals surface area (Å²) in [5, 5.41) is 12.6. The van der Waals surface area contributed by atoms with Crippen LogP contribution in [0.2, 0.25) is 0 Å². The predicted molar refractivity (Wildman–Crippen MR) is 118 cm³/mol. The number of benzene rings is 2. The number of ether oxygens (including phenoxy) is 1. The Bertz CT molecular complexity index is 997. The van der Waals surface area contributed by atoms with E-state index in [1.807, 2.05) is 50.2 Å². The van der Waals surface area contributed by atoms with Gasteiger partial charge in [-0.15, -0.1) is 0 Å². The molecule has 0 aromatic heterocycles. The number of carbonyl (C=O) groups excluding carboxylic acids is 2. The van der Waals surface area contributed by atoms with Crippen LogP contribution in [0, 0.1) is 11.3 Å². The van der Waals surface area contributed by atoms with E-state index in [1.165, 1.54) is 16.7 Å². The van der Waals surface area contributed by atoms with Gasteiger partial charge in [-0.05, 0) is 50.6 Å². The van der Waals surface area contributed by atoms with Crippen molar-refractivity contribution in [3.63, 3.8) is 0 Å². The van der Waals surface area contributed by atoms with Crippen LogP contribution in [0.3, 0.4) is 0 Å². The number of amides is 2. The molecule has 1 heterocycles. The first-order valence-corrected chi connectivity index (χ1v) is 10.6. The van der Waals surface area contributed by atoms with E-state index in [-0.39, 0.29) is 17.5 Å². The number of rotatable bonds is 6. The topological polar surface area (TPSA) is 82.4 Å². The molecular formula is C23H23N3O3S. The normalized spacial score (nSPS) is 18.5. The van der Waals surface area contributed by atoms with Gasteiger partial charge in [-0.1, -0.05) is 42.1 Å². The van der Waals surface area contributed by atoms with E-state index in [2.05, 4.69) is 5.32 Å². The Hall–Kier alpha value is -3.24. The summed E-state index contributed by atoms with van der Waals surface area (Å²) in [7, 11) is 0. The van der Waals surface area contributed by atoms with Crippen LogP contribution in [0.25, 0.3) is 0 Å². The lowest BCUT2D eigenvalue weighted by molar-refractivity contribution is -0.117. The van der Waals surface area contributed by atoms with Crippen molar-refractivity contribution in [3.8, 4) is 11.8 Å². The Morgan fingerprint density at radius 1 is 1.23 bits per heavy atom. The van der Waals surface area contributed by atoms with Gasteiger partial charge in [-0.2, -0.15) is 5.26 Å². The van der Waals surface area contributed by atoms with E-state index in [0.29, 0.717) is 23.1 Å². The molecule has 7 heteroatoms.